The van der Waals surface area contributed by atoms with Crippen LogP contribution in [0, 0.1) is 0 Å². The fourth-order valence-electron chi connectivity index (χ4n) is 2.42. The van der Waals surface area contributed by atoms with E-state index in [-0.39, 0.29) is 31.1 Å². The van der Waals surface area contributed by atoms with Gasteiger partial charge in [-0.25, -0.2) is 4.98 Å². The summed E-state index contributed by atoms with van der Waals surface area (Å²) in [5, 5.41) is 4.48. The Balaban J connectivity index is 1.56. The fourth-order valence-corrected chi connectivity index (χ4v) is 2.55. The number of alkyl halides is 2. The third-order valence-electron chi connectivity index (χ3n) is 3.89. The van der Waals surface area contributed by atoms with Gasteiger partial charge in [-0.1, -0.05) is 16.8 Å². The van der Waals surface area contributed by atoms with Gasteiger partial charge in [0.25, 0.3) is 0 Å². The molecule has 2 heterocycles. The Hall–Kier alpha value is -2.81. The van der Waals surface area contributed by atoms with Gasteiger partial charge in [0.2, 0.25) is 17.6 Å². The van der Waals surface area contributed by atoms with E-state index in [1.165, 1.54) is 24.3 Å². The smallest absolute Gasteiger partial charge is 0.319 e. The molecular weight excluding hydrogens is 380 g/mol. The standard InChI is InChI=1S/C17H16ClF2N5O2/c1-24(10-13-21-8-9-25(13)17(19)20)15(26)7-6-14-22-16(23-27-14)11-2-4-12(18)5-3-11/h2-5,8-9,17H,6-7,10H2,1H3. The lowest BCUT2D eigenvalue weighted by molar-refractivity contribution is -0.130. The predicted molar refractivity (Wildman–Crippen MR) is 93.0 cm³/mol. The lowest BCUT2D eigenvalue weighted by atomic mass is 10.2. The molecule has 0 aliphatic rings. The first-order chi connectivity index (χ1) is 12.9. The van der Waals surface area contributed by atoms with Crippen LogP contribution in [0.5, 0.6) is 0 Å². The number of nitrogens with zero attached hydrogens (tertiary/aromatic N) is 5. The van der Waals surface area contributed by atoms with Gasteiger partial charge in [0, 0.05) is 42.9 Å². The van der Waals surface area contributed by atoms with Crippen molar-refractivity contribution in [2.45, 2.75) is 25.9 Å². The van der Waals surface area contributed by atoms with Crippen molar-refractivity contribution in [2.24, 2.45) is 0 Å². The molecule has 0 aliphatic heterocycles. The van der Waals surface area contributed by atoms with E-state index in [1.54, 1.807) is 24.3 Å². The molecule has 0 atom stereocenters. The number of aromatic nitrogens is 4. The summed E-state index contributed by atoms with van der Waals surface area (Å²) in [6.07, 6.45) is 2.80. The molecule has 10 heteroatoms. The van der Waals surface area contributed by atoms with Crippen LogP contribution >= 0.6 is 11.6 Å². The van der Waals surface area contributed by atoms with Crippen molar-refractivity contribution in [1.29, 1.82) is 0 Å². The highest BCUT2D eigenvalue weighted by Gasteiger charge is 2.17. The molecule has 0 fully saturated rings. The van der Waals surface area contributed by atoms with E-state index in [0.29, 0.717) is 16.7 Å². The molecule has 7 nitrogen and oxygen atoms in total. The van der Waals surface area contributed by atoms with E-state index < -0.39 is 6.55 Å². The van der Waals surface area contributed by atoms with Gasteiger partial charge in [0.1, 0.15) is 5.82 Å². The molecule has 0 saturated carbocycles. The highest BCUT2D eigenvalue weighted by atomic mass is 35.5. The number of halogens is 3. The Kier molecular flexibility index (Phi) is 5.80. The van der Waals surface area contributed by atoms with E-state index in [2.05, 4.69) is 15.1 Å². The molecule has 27 heavy (non-hydrogen) atoms. The van der Waals surface area contributed by atoms with E-state index >= 15 is 0 Å². The molecule has 1 aromatic carbocycles. The minimum Gasteiger partial charge on any atom is -0.339 e. The van der Waals surface area contributed by atoms with E-state index in [1.807, 2.05) is 0 Å². The fraction of sp³-hybridized carbons (Fsp3) is 0.294. The molecule has 3 rings (SSSR count). The summed E-state index contributed by atoms with van der Waals surface area (Å²) in [5.74, 6) is 0.589. The number of hydrogen-bond donors (Lipinski definition) is 0. The normalized spacial score (nSPS) is 11.1. The van der Waals surface area contributed by atoms with Crippen LogP contribution in [0.3, 0.4) is 0 Å². The van der Waals surface area contributed by atoms with Gasteiger partial charge in [-0.05, 0) is 24.3 Å². The minimum atomic E-state index is -2.70. The number of hydrogen-bond acceptors (Lipinski definition) is 5. The number of imidazole rings is 1. The van der Waals surface area contributed by atoms with E-state index in [9.17, 15) is 13.6 Å². The van der Waals surface area contributed by atoms with Crippen molar-refractivity contribution in [2.75, 3.05) is 7.05 Å². The molecule has 0 bridgehead atoms. The molecule has 1 amide bonds. The molecule has 3 aromatic rings. The van der Waals surface area contributed by atoms with Crippen molar-refractivity contribution in [3.63, 3.8) is 0 Å². The van der Waals surface area contributed by atoms with Crippen molar-refractivity contribution in [3.05, 3.63) is 53.4 Å². The summed E-state index contributed by atoms with van der Waals surface area (Å²) in [5.41, 5.74) is 0.747. The first-order valence-corrected chi connectivity index (χ1v) is 8.44. The van der Waals surface area contributed by atoms with Crippen molar-refractivity contribution < 1.29 is 18.1 Å². The summed E-state index contributed by atoms with van der Waals surface area (Å²) in [6.45, 7) is -2.72. The van der Waals surface area contributed by atoms with E-state index in [4.69, 9.17) is 16.1 Å². The Morgan fingerprint density at radius 2 is 2.07 bits per heavy atom. The SMILES string of the molecule is CN(Cc1nccn1C(F)F)C(=O)CCc1nc(-c2ccc(Cl)cc2)no1. The number of amides is 1. The zero-order chi connectivity index (χ0) is 19.4. The third-order valence-corrected chi connectivity index (χ3v) is 4.14. The maximum absolute atomic E-state index is 12.8. The third kappa shape index (κ3) is 4.68. The first kappa shape index (κ1) is 19.0. The predicted octanol–water partition coefficient (Wildman–Crippen LogP) is 3.57. The molecule has 0 N–H and O–H groups in total. The maximum atomic E-state index is 12.8. The van der Waals surface area contributed by atoms with Crippen LogP contribution in [-0.4, -0.2) is 37.5 Å². The minimum absolute atomic E-state index is 0.0178. The van der Waals surface area contributed by atoms with Crippen molar-refractivity contribution >= 4 is 17.5 Å². The molecule has 0 spiro atoms. The molecule has 142 valence electrons. The molecular formula is C17H16ClF2N5O2. The highest BCUT2D eigenvalue weighted by molar-refractivity contribution is 6.30. The van der Waals surface area contributed by atoms with Gasteiger partial charge in [-0.2, -0.15) is 13.8 Å². The number of rotatable bonds is 7. The average Bonchev–Trinajstić information content (AvgIpc) is 3.29. The Bertz CT molecular complexity index is 910. The van der Waals surface area contributed by atoms with Crippen LogP contribution in [-0.2, 0) is 17.8 Å². The summed E-state index contributed by atoms with van der Waals surface area (Å²) < 4.78 is 31.5. The van der Waals surface area contributed by atoms with Gasteiger partial charge in [-0.3, -0.25) is 9.36 Å². The number of carbonyl (C=O) groups is 1. The maximum Gasteiger partial charge on any atom is 0.319 e. The summed E-state index contributed by atoms with van der Waals surface area (Å²) >= 11 is 5.84. The van der Waals surface area contributed by atoms with Gasteiger partial charge in [-0.15, -0.1) is 0 Å². The second-order valence-corrected chi connectivity index (χ2v) is 6.23. The van der Waals surface area contributed by atoms with Crippen LogP contribution in [0.15, 0.2) is 41.2 Å². The van der Waals surface area contributed by atoms with Crippen LogP contribution in [0.25, 0.3) is 11.4 Å². The summed E-state index contributed by atoms with van der Waals surface area (Å²) in [4.78, 5) is 21.7. The van der Waals surface area contributed by atoms with Gasteiger partial charge in [0.15, 0.2) is 0 Å². The van der Waals surface area contributed by atoms with Crippen LogP contribution < -0.4 is 0 Å². The van der Waals surface area contributed by atoms with Crippen LogP contribution in [0.4, 0.5) is 8.78 Å². The Labute approximate surface area is 158 Å². The number of aryl methyl sites for hydroxylation is 1. The van der Waals surface area contributed by atoms with Crippen LogP contribution in [0.2, 0.25) is 5.02 Å². The second-order valence-electron chi connectivity index (χ2n) is 5.80. The number of benzene rings is 1. The van der Waals surface area contributed by atoms with Crippen molar-refractivity contribution in [3.8, 4) is 11.4 Å². The average molecular weight is 396 g/mol. The molecule has 0 unspecified atom stereocenters. The quantitative estimate of drug-likeness (QED) is 0.611. The van der Waals surface area contributed by atoms with Crippen LogP contribution in [0.1, 0.15) is 24.7 Å². The summed E-state index contributed by atoms with van der Waals surface area (Å²) in [6, 6.07) is 6.96. The van der Waals surface area contributed by atoms with Crippen molar-refractivity contribution in [1.82, 2.24) is 24.6 Å². The zero-order valence-corrected chi connectivity index (χ0v) is 15.1. The monoisotopic (exact) mass is 395 g/mol. The molecule has 0 aliphatic carbocycles. The van der Waals surface area contributed by atoms with Gasteiger partial charge in [0.05, 0.1) is 6.54 Å². The Morgan fingerprint density at radius 3 is 2.78 bits per heavy atom. The zero-order valence-electron chi connectivity index (χ0n) is 14.3. The summed E-state index contributed by atoms with van der Waals surface area (Å²) in [7, 11) is 1.53. The van der Waals surface area contributed by atoms with Gasteiger partial charge >= 0.3 is 6.55 Å². The molecule has 2 aromatic heterocycles. The lowest BCUT2D eigenvalue weighted by Crippen LogP contribution is -2.28. The largest absolute Gasteiger partial charge is 0.339 e. The Morgan fingerprint density at radius 1 is 1.33 bits per heavy atom. The van der Waals surface area contributed by atoms with Gasteiger partial charge < -0.3 is 9.42 Å². The lowest BCUT2D eigenvalue weighted by Gasteiger charge is -2.17. The van der Waals surface area contributed by atoms with E-state index in [0.717, 1.165) is 10.1 Å². The highest BCUT2D eigenvalue weighted by Crippen LogP contribution is 2.19. The molecule has 0 saturated heterocycles. The second kappa shape index (κ2) is 8.26. The molecule has 0 radical (unpaired) electrons. The topological polar surface area (TPSA) is 77.1 Å². The number of carbonyl (C=O) groups excluding carboxylic acids is 1. The first-order valence-electron chi connectivity index (χ1n) is 8.06.